The molecule has 2 aromatic rings. The zero-order valence-electron chi connectivity index (χ0n) is 19.3. The Labute approximate surface area is 193 Å². The van der Waals surface area contributed by atoms with Gasteiger partial charge in [-0.3, -0.25) is 9.69 Å². The smallest absolute Gasteiger partial charge is 0.387 e. The first kappa shape index (κ1) is 24.9. The quantitative estimate of drug-likeness (QED) is 0.490. The van der Waals surface area contributed by atoms with Crippen LogP contribution >= 0.6 is 0 Å². The Hall–Kier alpha value is -2.71. The number of halogens is 2. The van der Waals surface area contributed by atoms with E-state index in [1.54, 1.807) is 18.2 Å². The van der Waals surface area contributed by atoms with E-state index in [2.05, 4.69) is 9.64 Å². The minimum atomic E-state index is -2.88. The van der Waals surface area contributed by atoms with Crippen molar-refractivity contribution in [3.63, 3.8) is 0 Å². The SMILES string of the molecule is CC(C)(C)OC(=O)CCN1CCOC(c2ccc(OCc3ccccc3OC(F)F)cc2)C1. The molecule has 8 heteroatoms. The molecule has 1 unspecified atom stereocenters. The third-order valence-electron chi connectivity index (χ3n) is 5.04. The van der Waals surface area contributed by atoms with E-state index in [1.165, 1.54) is 6.07 Å². The molecule has 33 heavy (non-hydrogen) atoms. The molecule has 1 aliphatic heterocycles. The van der Waals surface area contributed by atoms with Gasteiger partial charge in [0.1, 0.15) is 23.7 Å². The molecule has 180 valence electrons. The number of hydrogen-bond donors (Lipinski definition) is 0. The van der Waals surface area contributed by atoms with Gasteiger partial charge >= 0.3 is 12.6 Å². The average Bonchev–Trinajstić information content (AvgIpc) is 2.76. The monoisotopic (exact) mass is 463 g/mol. The molecular formula is C25H31F2NO5. The van der Waals surface area contributed by atoms with E-state index in [4.69, 9.17) is 14.2 Å². The Morgan fingerprint density at radius 1 is 1.15 bits per heavy atom. The van der Waals surface area contributed by atoms with Crippen molar-refractivity contribution in [3.05, 3.63) is 59.7 Å². The lowest BCUT2D eigenvalue weighted by Crippen LogP contribution is -2.39. The second-order valence-electron chi connectivity index (χ2n) is 8.84. The Bertz CT molecular complexity index is 898. The van der Waals surface area contributed by atoms with Gasteiger partial charge in [0.15, 0.2) is 0 Å². The summed E-state index contributed by atoms with van der Waals surface area (Å²) in [5.41, 5.74) is 1.07. The highest BCUT2D eigenvalue weighted by Gasteiger charge is 2.23. The highest BCUT2D eigenvalue weighted by atomic mass is 19.3. The third kappa shape index (κ3) is 8.29. The number of hydrogen-bond acceptors (Lipinski definition) is 6. The van der Waals surface area contributed by atoms with Gasteiger partial charge in [0.2, 0.25) is 0 Å². The summed E-state index contributed by atoms with van der Waals surface area (Å²) in [6.07, 6.45) is 0.236. The van der Waals surface area contributed by atoms with Crippen LogP contribution in [0.4, 0.5) is 8.78 Å². The standard InChI is InChI=1S/C25H31F2NO5/c1-25(2,3)33-23(29)12-13-28-14-15-30-22(16-28)18-8-10-20(11-9-18)31-17-19-6-4-5-7-21(19)32-24(26)27/h4-11,22,24H,12-17H2,1-3H3. The van der Waals surface area contributed by atoms with Crippen molar-refractivity contribution in [2.75, 3.05) is 26.2 Å². The maximum atomic E-state index is 12.6. The van der Waals surface area contributed by atoms with Gasteiger partial charge in [0, 0.05) is 25.2 Å². The van der Waals surface area contributed by atoms with Crippen LogP contribution in [0.25, 0.3) is 0 Å². The average molecular weight is 464 g/mol. The molecule has 1 aliphatic rings. The second-order valence-corrected chi connectivity index (χ2v) is 8.84. The molecular weight excluding hydrogens is 432 g/mol. The van der Waals surface area contributed by atoms with Crippen molar-refractivity contribution in [2.45, 2.75) is 52.1 Å². The van der Waals surface area contributed by atoms with Crippen LogP contribution in [0.3, 0.4) is 0 Å². The highest BCUT2D eigenvalue weighted by Crippen LogP contribution is 2.26. The molecule has 0 amide bonds. The number of carbonyl (C=O) groups is 1. The number of morpholine rings is 1. The topological polar surface area (TPSA) is 57.2 Å². The Morgan fingerprint density at radius 3 is 2.58 bits per heavy atom. The minimum absolute atomic E-state index is 0.103. The molecule has 0 spiro atoms. The molecule has 2 aromatic carbocycles. The normalized spacial score (nSPS) is 17.1. The van der Waals surface area contributed by atoms with E-state index in [9.17, 15) is 13.6 Å². The summed E-state index contributed by atoms with van der Waals surface area (Å²) in [7, 11) is 0. The van der Waals surface area contributed by atoms with Gasteiger partial charge in [-0.2, -0.15) is 8.78 Å². The maximum absolute atomic E-state index is 12.6. The van der Waals surface area contributed by atoms with Crippen LogP contribution in [-0.2, 0) is 20.9 Å². The number of esters is 1. The minimum Gasteiger partial charge on any atom is -0.489 e. The van der Waals surface area contributed by atoms with Crippen molar-refractivity contribution in [2.24, 2.45) is 0 Å². The molecule has 0 saturated carbocycles. The van der Waals surface area contributed by atoms with Gasteiger partial charge < -0.3 is 18.9 Å². The first-order chi connectivity index (χ1) is 15.7. The highest BCUT2D eigenvalue weighted by molar-refractivity contribution is 5.70. The molecule has 0 aliphatic carbocycles. The lowest BCUT2D eigenvalue weighted by Gasteiger charge is -2.33. The number of carbonyl (C=O) groups excluding carboxylic acids is 1. The van der Waals surface area contributed by atoms with Gasteiger partial charge in [-0.15, -0.1) is 0 Å². The number of ether oxygens (including phenoxy) is 4. The van der Waals surface area contributed by atoms with Gasteiger partial charge in [-0.05, 0) is 44.5 Å². The van der Waals surface area contributed by atoms with Crippen molar-refractivity contribution in [1.82, 2.24) is 4.90 Å². The molecule has 0 N–H and O–H groups in total. The maximum Gasteiger partial charge on any atom is 0.387 e. The molecule has 1 fully saturated rings. The summed E-state index contributed by atoms with van der Waals surface area (Å²) in [5, 5.41) is 0. The Morgan fingerprint density at radius 2 is 1.88 bits per heavy atom. The van der Waals surface area contributed by atoms with Crippen LogP contribution in [0.1, 0.15) is 44.4 Å². The van der Waals surface area contributed by atoms with Crippen molar-refractivity contribution >= 4 is 5.97 Å². The number of rotatable bonds is 9. The first-order valence-corrected chi connectivity index (χ1v) is 11.0. The largest absolute Gasteiger partial charge is 0.489 e. The van der Waals surface area contributed by atoms with Gasteiger partial charge in [-0.1, -0.05) is 30.3 Å². The van der Waals surface area contributed by atoms with E-state index >= 15 is 0 Å². The predicted molar refractivity (Wildman–Crippen MR) is 119 cm³/mol. The second kappa shape index (κ2) is 11.4. The summed E-state index contributed by atoms with van der Waals surface area (Å²) in [6, 6.07) is 14.1. The molecule has 0 bridgehead atoms. The van der Waals surface area contributed by atoms with Crippen molar-refractivity contribution < 1.29 is 32.5 Å². The van der Waals surface area contributed by atoms with Crippen LogP contribution in [0.15, 0.2) is 48.5 Å². The van der Waals surface area contributed by atoms with Gasteiger partial charge in [0.25, 0.3) is 0 Å². The first-order valence-electron chi connectivity index (χ1n) is 11.0. The van der Waals surface area contributed by atoms with E-state index in [0.29, 0.717) is 37.4 Å². The lowest BCUT2D eigenvalue weighted by atomic mass is 10.1. The van der Waals surface area contributed by atoms with Crippen molar-refractivity contribution in [3.8, 4) is 11.5 Å². The third-order valence-corrected chi connectivity index (χ3v) is 5.04. The molecule has 1 atom stereocenters. The van der Waals surface area contributed by atoms with E-state index < -0.39 is 12.2 Å². The molecule has 1 heterocycles. The summed E-state index contributed by atoms with van der Waals surface area (Å²) < 4.78 is 46.7. The van der Waals surface area contributed by atoms with E-state index in [-0.39, 0.29) is 24.4 Å². The molecule has 6 nitrogen and oxygen atoms in total. The number of alkyl halides is 2. The molecule has 0 radical (unpaired) electrons. The van der Waals surface area contributed by atoms with Crippen LogP contribution < -0.4 is 9.47 Å². The molecule has 3 rings (SSSR count). The fourth-order valence-corrected chi connectivity index (χ4v) is 3.52. The van der Waals surface area contributed by atoms with Crippen LogP contribution in [0.5, 0.6) is 11.5 Å². The Kier molecular flexibility index (Phi) is 8.63. The fourth-order valence-electron chi connectivity index (χ4n) is 3.52. The predicted octanol–water partition coefficient (Wildman–Crippen LogP) is 4.97. The van der Waals surface area contributed by atoms with Crippen molar-refractivity contribution in [1.29, 1.82) is 0 Å². The lowest BCUT2D eigenvalue weighted by molar-refractivity contribution is -0.155. The zero-order valence-corrected chi connectivity index (χ0v) is 19.3. The molecule has 0 aromatic heterocycles. The summed E-state index contributed by atoms with van der Waals surface area (Å²) in [5.74, 6) is 0.516. The fraction of sp³-hybridized carbons (Fsp3) is 0.480. The summed E-state index contributed by atoms with van der Waals surface area (Å²) >= 11 is 0. The van der Waals surface area contributed by atoms with Crippen LogP contribution in [-0.4, -0.2) is 49.3 Å². The molecule has 1 saturated heterocycles. The van der Waals surface area contributed by atoms with E-state index in [0.717, 1.165) is 12.1 Å². The van der Waals surface area contributed by atoms with Crippen LogP contribution in [0.2, 0.25) is 0 Å². The van der Waals surface area contributed by atoms with Gasteiger partial charge in [0.05, 0.1) is 19.1 Å². The Balaban J connectivity index is 1.51. The number of benzene rings is 2. The number of nitrogens with zero attached hydrogens (tertiary/aromatic N) is 1. The van der Waals surface area contributed by atoms with E-state index in [1.807, 2.05) is 45.0 Å². The zero-order chi connectivity index (χ0) is 23.8. The van der Waals surface area contributed by atoms with Gasteiger partial charge in [-0.25, -0.2) is 0 Å². The number of para-hydroxylation sites is 1. The summed E-state index contributed by atoms with van der Waals surface area (Å²) in [6.45, 7) is 5.46. The summed E-state index contributed by atoms with van der Waals surface area (Å²) in [4.78, 5) is 14.2. The van der Waals surface area contributed by atoms with Crippen LogP contribution in [0, 0.1) is 0 Å².